The van der Waals surface area contributed by atoms with Crippen molar-refractivity contribution < 1.29 is 8.42 Å². The average Bonchev–Trinajstić information content (AvgIpc) is 2.80. The SMILES string of the molecule is Cc1cc(N)c(S(=O)(=O)NC(C)c2ccc(Cl)s2)cc1C. The number of sulfonamides is 1. The molecule has 0 aliphatic heterocycles. The van der Waals surface area contributed by atoms with Crippen molar-refractivity contribution in [2.45, 2.75) is 31.7 Å². The lowest BCUT2D eigenvalue weighted by atomic mass is 10.1. The Labute approximate surface area is 134 Å². The van der Waals surface area contributed by atoms with Gasteiger partial charge in [0.2, 0.25) is 10.0 Å². The Kier molecular flexibility index (Phi) is 4.63. The Bertz CT molecular complexity index is 769. The third kappa shape index (κ3) is 3.58. The smallest absolute Gasteiger partial charge is 0.243 e. The van der Waals surface area contributed by atoms with Crippen LogP contribution in [0.25, 0.3) is 0 Å². The fraction of sp³-hybridized carbons (Fsp3) is 0.286. The van der Waals surface area contributed by atoms with Crippen LogP contribution < -0.4 is 10.5 Å². The van der Waals surface area contributed by atoms with Gasteiger partial charge in [-0.1, -0.05) is 11.6 Å². The van der Waals surface area contributed by atoms with E-state index in [9.17, 15) is 8.42 Å². The van der Waals surface area contributed by atoms with E-state index >= 15 is 0 Å². The molecule has 2 rings (SSSR count). The van der Waals surface area contributed by atoms with Crippen LogP contribution in [0, 0.1) is 13.8 Å². The molecule has 21 heavy (non-hydrogen) atoms. The molecule has 2 aromatic rings. The van der Waals surface area contributed by atoms with E-state index in [1.807, 2.05) is 19.9 Å². The molecule has 0 saturated heterocycles. The van der Waals surface area contributed by atoms with Crippen LogP contribution in [0.3, 0.4) is 0 Å². The number of nitrogen functional groups attached to an aromatic ring is 1. The molecule has 1 aromatic carbocycles. The van der Waals surface area contributed by atoms with Gasteiger partial charge in [-0.15, -0.1) is 11.3 Å². The standard InChI is InChI=1S/C14H17ClN2O2S2/c1-8-6-11(16)13(7-9(8)2)21(18,19)17-10(3)12-4-5-14(15)20-12/h4-7,10,17H,16H2,1-3H3. The fourth-order valence-corrected chi connectivity index (χ4v) is 4.52. The van der Waals surface area contributed by atoms with E-state index in [0.29, 0.717) is 4.34 Å². The lowest BCUT2D eigenvalue weighted by Gasteiger charge is -2.15. The molecule has 0 fully saturated rings. The molecule has 7 heteroatoms. The van der Waals surface area contributed by atoms with E-state index in [1.165, 1.54) is 11.3 Å². The van der Waals surface area contributed by atoms with E-state index in [4.69, 9.17) is 17.3 Å². The van der Waals surface area contributed by atoms with Crippen LogP contribution in [0.4, 0.5) is 5.69 Å². The van der Waals surface area contributed by atoms with Crippen molar-refractivity contribution in [2.24, 2.45) is 0 Å². The first-order chi connectivity index (χ1) is 9.70. The number of nitrogens with one attached hydrogen (secondary N) is 1. The Morgan fingerprint density at radius 1 is 1.24 bits per heavy atom. The monoisotopic (exact) mass is 344 g/mol. The molecule has 4 nitrogen and oxygen atoms in total. The Hall–Kier alpha value is -1.08. The van der Waals surface area contributed by atoms with Crippen molar-refractivity contribution in [3.63, 3.8) is 0 Å². The number of anilines is 1. The molecule has 0 saturated carbocycles. The van der Waals surface area contributed by atoms with Crippen LogP contribution in [0.5, 0.6) is 0 Å². The lowest BCUT2D eigenvalue weighted by Crippen LogP contribution is -2.27. The summed E-state index contributed by atoms with van der Waals surface area (Å²) in [6, 6.07) is 6.46. The highest BCUT2D eigenvalue weighted by atomic mass is 35.5. The summed E-state index contributed by atoms with van der Waals surface area (Å²) in [7, 11) is -3.68. The molecular formula is C14H17ClN2O2S2. The lowest BCUT2D eigenvalue weighted by molar-refractivity contribution is 0.569. The minimum atomic E-state index is -3.68. The summed E-state index contributed by atoms with van der Waals surface area (Å²) in [5, 5.41) is 0. The molecular weight excluding hydrogens is 328 g/mol. The van der Waals surface area contributed by atoms with Crippen molar-refractivity contribution in [2.75, 3.05) is 5.73 Å². The first-order valence-electron chi connectivity index (χ1n) is 6.35. The largest absolute Gasteiger partial charge is 0.398 e. The van der Waals surface area contributed by atoms with Crippen molar-refractivity contribution >= 4 is 38.6 Å². The second kappa shape index (κ2) is 5.96. The fourth-order valence-electron chi connectivity index (χ4n) is 1.96. The van der Waals surface area contributed by atoms with Gasteiger partial charge in [-0.2, -0.15) is 0 Å². The number of rotatable bonds is 4. The van der Waals surface area contributed by atoms with Crippen LogP contribution >= 0.6 is 22.9 Å². The summed E-state index contributed by atoms with van der Waals surface area (Å²) in [4.78, 5) is 0.964. The molecule has 1 atom stereocenters. The molecule has 0 amide bonds. The summed E-state index contributed by atoms with van der Waals surface area (Å²) < 4.78 is 28.2. The summed E-state index contributed by atoms with van der Waals surface area (Å²) >= 11 is 7.23. The van der Waals surface area contributed by atoms with Crippen molar-refractivity contribution in [3.05, 3.63) is 44.6 Å². The highest BCUT2D eigenvalue weighted by Gasteiger charge is 2.22. The highest BCUT2D eigenvalue weighted by Crippen LogP contribution is 2.29. The van der Waals surface area contributed by atoms with Gasteiger partial charge in [0, 0.05) is 4.88 Å². The molecule has 1 unspecified atom stereocenters. The molecule has 0 radical (unpaired) electrons. The molecule has 0 spiro atoms. The van der Waals surface area contributed by atoms with Crippen molar-refractivity contribution in [3.8, 4) is 0 Å². The van der Waals surface area contributed by atoms with E-state index < -0.39 is 10.0 Å². The summed E-state index contributed by atoms with van der Waals surface area (Å²) in [6.07, 6.45) is 0. The van der Waals surface area contributed by atoms with Crippen LogP contribution in [0.1, 0.15) is 29.0 Å². The number of hydrogen-bond acceptors (Lipinski definition) is 4. The molecule has 114 valence electrons. The van der Waals surface area contributed by atoms with E-state index in [2.05, 4.69) is 4.72 Å². The quantitative estimate of drug-likeness (QED) is 0.832. The zero-order valence-electron chi connectivity index (χ0n) is 12.0. The van der Waals surface area contributed by atoms with Gasteiger partial charge in [-0.25, -0.2) is 13.1 Å². The van der Waals surface area contributed by atoms with E-state index in [1.54, 1.807) is 25.1 Å². The maximum absolute atomic E-state index is 12.5. The predicted molar refractivity (Wildman–Crippen MR) is 88.4 cm³/mol. The third-order valence-corrected chi connectivity index (χ3v) is 6.28. The van der Waals surface area contributed by atoms with Gasteiger partial charge < -0.3 is 5.73 Å². The predicted octanol–water partition coefficient (Wildman–Crippen LogP) is 3.64. The molecule has 0 aliphatic carbocycles. The maximum Gasteiger partial charge on any atom is 0.243 e. The van der Waals surface area contributed by atoms with Crippen LogP contribution in [0.15, 0.2) is 29.2 Å². The van der Waals surface area contributed by atoms with Crippen LogP contribution in [0.2, 0.25) is 4.34 Å². The Balaban J connectivity index is 2.32. The van der Waals surface area contributed by atoms with Crippen LogP contribution in [-0.4, -0.2) is 8.42 Å². The summed E-state index contributed by atoms with van der Waals surface area (Å²) in [5.41, 5.74) is 7.96. The average molecular weight is 345 g/mol. The number of aryl methyl sites for hydroxylation is 2. The maximum atomic E-state index is 12.5. The highest BCUT2D eigenvalue weighted by molar-refractivity contribution is 7.89. The second-order valence-electron chi connectivity index (χ2n) is 4.96. The van der Waals surface area contributed by atoms with Crippen molar-refractivity contribution in [1.82, 2.24) is 4.72 Å². The normalized spacial score (nSPS) is 13.3. The van der Waals surface area contributed by atoms with Gasteiger partial charge in [0.05, 0.1) is 16.1 Å². The second-order valence-corrected chi connectivity index (χ2v) is 8.39. The number of hydrogen-bond donors (Lipinski definition) is 2. The zero-order chi connectivity index (χ0) is 15.8. The molecule has 0 aliphatic rings. The van der Waals surface area contributed by atoms with Gasteiger partial charge in [0.15, 0.2) is 0 Å². The number of halogens is 1. The molecule has 1 heterocycles. The topological polar surface area (TPSA) is 72.2 Å². The first kappa shape index (κ1) is 16.3. The molecule has 3 N–H and O–H groups in total. The van der Waals surface area contributed by atoms with E-state index in [0.717, 1.165) is 16.0 Å². The first-order valence-corrected chi connectivity index (χ1v) is 9.03. The summed E-state index contributed by atoms with van der Waals surface area (Å²) in [6.45, 7) is 5.53. The number of nitrogens with two attached hydrogens (primary N) is 1. The van der Waals surface area contributed by atoms with Gasteiger partial charge in [0.25, 0.3) is 0 Å². The van der Waals surface area contributed by atoms with Gasteiger partial charge in [0.1, 0.15) is 4.90 Å². The Morgan fingerprint density at radius 3 is 2.43 bits per heavy atom. The van der Waals surface area contributed by atoms with Crippen LogP contribution in [-0.2, 0) is 10.0 Å². The molecule has 0 bridgehead atoms. The van der Waals surface area contributed by atoms with E-state index in [-0.39, 0.29) is 16.6 Å². The molecule has 1 aromatic heterocycles. The third-order valence-electron chi connectivity index (χ3n) is 3.27. The minimum absolute atomic E-state index is 0.111. The van der Waals surface area contributed by atoms with Gasteiger partial charge in [-0.3, -0.25) is 0 Å². The zero-order valence-corrected chi connectivity index (χ0v) is 14.4. The summed E-state index contributed by atoms with van der Waals surface area (Å²) in [5.74, 6) is 0. The van der Waals surface area contributed by atoms with Crippen molar-refractivity contribution in [1.29, 1.82) is 0 Å². The minimum Gasteiger partial charge on any atom is -0.398 e. The number of thiophene rings is 1. The number of benzene rings is 1. The van der Waals surface area contributed by atoms with Gasteiger partial charge in [-0.05, 0) is 56.2 Å². The Morgan fingerprint density at radius 2 is 1.86 bits per heavy atom. The van der Waals surface area contributed by atoms with Gasteiger partial charge >= 0.3 is 0 Å².